The first-order valence-electron chi connectivity index (χ1n) is 6.29. The van der Waals surface area contributed by atoms with Crippen molar-refractivity contribution >= 4 is 11.6 Å². The Hall–Kier alpha value is -2.49. The fourth-order valence-corrected chi connectivity index (χ4v) is 1.89. The highest BCUT2D eigenvalue weighted by molar-refractivity contribution is 5.94. The lowest BCUT2D eigenvalue weighted by Gasteiger charge is -2.18. The van der Waals surface area contributed by atoms with Gasteiger partial charge in [0.2, 0.25) is 5.91 Å². The van der Waals surface area contributed by atoms with Crippen LogP contribution in [0.25, 0.3) is 0 Å². The predicted molar refractivity (Wildman–Crippen MR) is 78.2 cm³/mol. The summed E-state index contributed by atoms with van der Waals surface area (Å²) in [7, 11) is 3.31. The zero-order valence-corrected chi connectivity index (χ0v) is 11.5. The number of anilines is 1. The summed E-state index contributed by atoms with van der Waals surface area (Å²) < 4.78 is 5.08. The SMILES string of the molecule is COc1ccc(N(C)C(=O)Cc2ccccc2O)cc1. The number of likely N-dealkylation sites (N-methyl/N-ethyl adjacent to an activating group) is 1. The van der Waals surface area contributed by atoms with E-state index in [1.54, 1.807) is 55.5 Å². The lowest BCUT2D eigenvalue weighted by molar-refractivity contribution is -0.117. The summed E-state index contributed by atoms with van der Waals surface area (Å²) in [6.07, 6.45) is 0.162. The second-order valence-electron chi connectivity index (χ2n) is 4.46. The number of para-hydroxylation sites is 1. The molecule has 4 heteroatoms. The molecule has 0 radical (unpaired) electrons. The van der Waals surface area contributed by atoms with Crippen molar-refractivity contribution in [1.29, 1.82) is 0 Å². The summed E-state index contributed by atoms with van der Waals surface area (Å²) in [5, 5.41) is 9.69. The Balaban J connectivity index is 2.10. The summed E-state index contributed by atoms with van der Waals surface area (Å²) in [4.78, 5) is 13.8. The molecule has 0 saturated heterocycles. The number of carbonyl (C=O) groups excluding carboxylic acids is 1. The number of amides is 1. The summed E-state index contributed by atoms with van der Waals surface area (Å²) in [6.45, 7) is 0. The third-order valence-electron chi connectivity index (χ3n) is 3.17. The first-order chi connectivity index (χ1) is 9.61. The predicted octanol–water partition coefficient (Wildman–Crippen LogP) is 2.61. The van der Waals surface area contributed by atoms with Gasteiger partial charge in [-0.05, 0) is 30.3 Å². The van der Waals surface area contributed by atoms with Gasteiger partial charge >= 0.3 is 0 Å². The summed E-state index contributed by atoms with van der Waals surface area (Å²) >= 11 is 0. The number of carbonyl (C=O) groups is 1. The Morgan fingerprint density at radius 2 is 1.80 bits per heavy atom. The maximum atomic E-state index is 12.2. The molecule has 0 bridgehead atoms. The van der Waals surface area contributed by atoms with E-state index >= 15 is 0 Å². The molecular weight excluding hydrogens is 254 g/mol. The van der Waals surface area contributed by atoms with E-state index in [-0.39, 0.29) is 18.1 Å². The fourth-order valence-electron chi connectivity index (χ4n) is 1.89. The van der Waals surface area contributed by atoms with Crippen molar-refractivity contribution in [3.63, 3.8) is 0 Å². The number of aromatic hydroxyl groups is 1. The zero-order chi connectivity index (χ0) is 14.5. The highest BCUT2D eigenvalue weighted by Crippen LogP contribution is 2.21. The van der Waals surface area contributed by atoms with Crippen LogP contribution in [0.15, 0.2) is 48.5 Å². The van der Waals surface area contributed by atoms with E-state index in [4.69, 9.17) is 4.74 Å². The summed E-state index contributed by atoms with van der Waals surface area (Å²) in [5.74, 6) is 0.802. The molecule has 4 nitrogen and oxygen atoms in total. The molecule has 0 aliphatic carbocycles. The number of benzene rings is 2. The molecular formula is C16H17NO3. The molecule has 20 heavy (non-hydrogen) atoms. The van der Waals surface area contributed by atoms with Crippen molar-refractivity contribution in [3.05, 3.63) is 54.1 Å². The monoisotopic (exact) mass is 271 g/mol. The maximum Gasteiger partial charge on any atom is 0.231 e. The van der Waals surface area contributed by atoms with Gasteiger partial charge in [-0.1, -0.05) is 18.2 Å². The molecule has 0 saturated carbocycles. The summed E-state index contributed by atoms with van der Waals surface area (Å²) in [5.41, 5.74) is 1.41. The Morgan fingerprint density at radius 3 is 2.40 bits per heavy atom. The Labute approximate surface area is 118 Å². The van der Waals surface area contributed by atoms with Crippen LogP contribution in [0.4, 0.5) is 5.69 Å². The molecule has 2 aromatic carbocycles. The molecule has 0 spiro atoms. The van der Waals surface area contributed by atoms with Gasteiger partial charge in [0.1, 0.15) is 11.5 Å². The van der Waals surface area contributed by atoms with E-state index < -0.39 is 0 Å². The number of rotatable bonds is 4. The third kappa shape index (κ3) is 3.09. The van der Waals surface area contributed by atoms with Gasteiger partial charge in [-0.15, -0.1) is 0 Å². The average Bonchev–Trinajstić information content (AvgIpc) is 2.49. The van der Waals surface area contributed by atoms with Crippen molar-refractivity contribution in [2.75, 3.05) is 19.1 Å². The fraction of sp³-hybridized carbons (Fsp3) is 0.188. The van der Waals surface area contributed by atoms with E-state index in [2.05, 4.69) is 0 Å². The van der Waals surface area contributed by atoms with Gasteiger partial charge in [-0.3, -0.25) is 4.79 Å². The molecule has 0 aliphatic heterocycles. The second-order valence-corrected chi connectivity index (χ2v) is 4.46. The highest BCUT2D eigenvalue weighted by atomic mass is 16.5. The van der Waals surface area contributed by atoms with Crippen LogP contribution in [0.3, 0.4) is 0 Å². The number of phenols is 1. The van der Waals surface area contributed by atoms with Crippen LogP contribution in [-0.4, -0.2) is 25.2 Å². The van der Waals surface area contributed by atoms with Crippen molar-refractivity contribution in [2.45, 2.75) is 6.42 Å². The average molecular weight is 271 g/mol. The smallest absolute Gasteiger partial charge is 0.231 e. The van der Waals surface area contributed by atoms with E-state index in [0.717, 1.165) is 11.4 Å². The molecule has 0 atom stereocenters. The van der Waals surface area contributed by atoms with Gasteiger partial charge in [-0.25, -0.2) is 0 Å². The van der Waals surface area contributed by atoms with Gasteiger partial charge in [0, 0.05) is 18.3 Å². The minimum absolute atomic E-state index is 0.0864. The number of hydrogen-bond acceptors (Lipinski definition) is 3. The van der Waals surface area contributed by atoms with Crippen molar-refractivity contribution in [1.82, 2.24) is 0 Å². The van der Waals surface area contributed by atoms with Crippen molar-refractivity contribution < 1.29 is 14.6 Å². The summed E-state index contributed by atoms with van der Waals surface area (Å²) in [6, 6.07) is 14.1. The normalized spacial score (nSPS) is 10.1. The first-order valence-corrected chi connectivity index (χ1v) is 6.29. The third-order valence-corrected chi connectivity index (χ3v) is 3.17. The first kappa shape index (κ1) is 13.9. The molecule has 0 aromatic heterocycles. The molecule has 0 heterocycles. The molecule has 104 valence electrons. The number of phenolic OH excluding ortho intramolecular Hbond substituents is 1. The van der Waals surface area contributed by atoms with Crippen LogP contribution in [-0.2, 0) is 11.2 Å². The van der Waals surface area contributed by atoms with Crippen LogP contribution in [0.1, 0.15) is 5.56 Å². The van der Waals surface area contributed by atoms with Crippen LogP contribution >= 0.6 is 0 Å². The topological polar surface area (TPSA) is 49.8 Å². The molecule has 2 aromatic rings. The van der Waals surface area contributed by atoms with E-state index in [1.807, 2.05) is 12.1 Å². The van der Waals surface area contributed by atoms with Crippen molar-refractivity contribution in [2.24, 2.45) is 0 Å². The Bertz CT molecular complexity index is 593. The van der Waals surface area contributed by atoms with E-state index in [0.29, 0.717) is 5.56 Å². The van der Waals surface area contributed by atoms with E-state index in [9.17, 15) is 9.90 Å². The molecule has 1 amide bonds. The van der Waals surface area contributed by atoms with Gasteiger partial charge in [-0.2, -0.15) is 0 Å². The maximum absolute atomic E-state index is 12.2. The molecule has 0 fully saturated rings. The largest absolute Gasteiger partial charge is 0.508 e. The standard InChI is InChI=1S/C16H17NO3/c1-17(13-7-9-14(20-2)10-8-13)16(19)11-12-5-3-4-6-15(12)18/h3-10,18H,11H2,1-2H3. The van der Waals surface area contributed by atoms with E-state index in [1.165, 1.54) is 0 Å². The van der Waals surface area contributed by atoms with Gasteiger partial charge in [0.05, 0.1) is 13.5 Å². The van der Waals surface area contributed by atoms with Crippen LogP contribution in [0, 0.1) is 0 Å². The minimum atomic E-state index is -0.0864. The quantitative estimate of drug-likeness (QED) is 0.930. The van der Waals surface area contributed by atoms with Crippen LogP contribution < -0.4 is 9.64 Å². The molecule has 0 unspecified atom stereocenters. The van der Waals surface area contributed by atoms with Crippen LogP contribution in [0.2, 0.25) is 0 Å². The number of methoxy groups -OCH3 is 1. The van der Waals surface area contributed by atoms with Gasteiger partial charge < -0.3 is 14.7 Å². The van der Waals surface area contributed by atoms with Gasteiger partial charge in [0.15, 0.2) is 0 Å². The number of hydrogen-bond donors (Lipinski definition) is 1. The van der Waals surface area contributed by atoms with Crippen molar-refractivity contribution in [3.8, 4) is 11.5 Å². The Morgan fingerprint density at radius 1 is 1.15 bits per heavy atom. The van der Waals surface area contributed by atoms with Crippen LogP contribution in [0.5, 0.6) is 11.5 Å². The lowest BCUT2D eigenvalue weighted by atomic mass is 10.1. The molecule has 0 aliphatic rings. The Kier molecular flexibility index (Phi) is 4.25. The highest BCUT2D eigenvalue weighted by Gasteiger charge is 2.13. The molecule has 1 N–H and O–H groups in total. The number of nitrogens with zero attached hydrogens (tertiary/aromatic N) is 1. The zero-order valence-electron chi connectivity index (χ0n) is 11.5. The second kappa shape index (κ2) is 6.10. The lowest BCUT2D eigenvalue weighted by Crippen LogP contribution is -2.27. The molecule has 2 rings (SSSR count). The number of ether oxygens (including phenoxy) is 1. The van der Waals surface area contributed by atoms with Gasteiger partial charge in [0.25, 0.3) is 0 Å². The minimum Gasteiger partial charge on any atom is -0.508 e.